The van der Waals surface area contributed by atoms with Gasteiger partial charge in [-0.2, -0.15) is 0 Å². The van der Waals surface area contributed by atoms with Gasteiger partial charge in [-0.15, -0.1) is 0 Å². The molecule has 6 heteroatoms. The van der Waals surface area contributed by atoms with Gasteiger partial charge >= 0.3 is 0 Å². The molecule has 24 heavy (non-hydrogen) atoms. The molecule has 1 aromatic carbocycles. The Labute approximate surface area is 147 Å². The molecule has 2 aromatic rings. The molecule has 3 rings (SSSR count). The molecular formula is C18H23ClN4O. The fraction of sp³-hybridized carbons (Fsp3) is 0.389. The average molecular weight is 347 g/mol. The standard InChI is InChI=1S/C18H23ClN4O/c1-12-10-21-11-15(13(12)2)9-17(14-4-3-5-16(19)8-14)23-6-7-24-18(23)22-20/h3-5,8,10-11,17-18,22H,6-7,9,20H2,1-2H3. The van der Waals surface area contributed by atoms with Gasteiger partial charge in [0.25, 0.3) is 0 Å². The molecule has 2 heterocycles. The van der Waals surface area contributed by atoms with E-state index in [-0.39, 0.29) is 12.4 Å². The average Bonchev–Trinajstić information content (AvgIpc) is 3.04. The van der Waals surface area contributed by atoms with E-state index in [1.807, 2.05) is 30.6 Å². The van der Waals surface area contributed by atoms with Crippen molar-refractivity contribution >= 4 is 11.6 Å². The first-order valence-corrected chi connectivity index (χ1v) is 8.47. The van der Waals surface area contributed by atoms with Crippen LogP contribution in [0.15, 0.2) is 36.7 Å². The van der Waals surface area contributed by atoms with Crippen LogP contribution in [0.5, 0.6) is 0 Å². The first-order chi connectivity index (χ1) is 11.6. The van der Waals surface area contributed by atoms with Crippen molar-refractivity contribution in [3.05, 3.63) is 63.9 Å². The molecule has 3 N–H and O–H groups in total. The zero-order valence-corrected chi connectivity index (χ0v) is 14.8. The number of hydrazine groups is 1. The fourth-order valence-electron chi connectivity index (χ4n) is 3.19. The summed E-state index contributed by atoms with van der Waals surface area (Å²) in [5.74, 6) is 5.66. The molecule has 5 nitrogen and oxygen atoms in total. The van der Waals surface area contributed by atoms with E-state index >= 15 is 0 Å². The fourth-order valence-corrected chi connectivity index (χ4v) is 3.39. The summed E-state index contributed by atoms with van der Waals surface area (Å²) in [5, 5.41) is 0.731. The molecule has 0 radical (unpaired) electrons. The van der Waals surface area contributed by atoms with Gasteiger partial charge in [0.1, 0.15) is 0 Å². The lowest BCUT2D eigenvalue weighted by Gasteiger charge is -2.32. The van der Waals surface area contributed by atoms with Gasteiger partial charge in [0.2, 0.25) is 0 Å². The number of benzene rings is 1. The van der Waals surface area contributed by atoms with Gasteiger partial charge in [-0.3, -0.25) is 15.7 Å². The van der Waals surface area contributed by atoms with E-state index in [1.165, 1.54) is 16.7 Å². The third-order valence-corrected chi connectivity index (χ3v) is 4.92. The van der Waals surface area contributed by atoms with Gasteiger partial charge in [0.15, 0.2) is 6.35 Å². The zero-order chi connectivity index (χ0) is 17.1. The van der Waals surface area contributed by atoms with Crippen molar-refractivity contribution in [3.8, 4) is 0 Å². The topological polar surface area (TPSA) is 63.4 Å². The Morgan fingerprint density at radius 2 is 2.25 bits per heavy atom. The first kappa shape index (κ1) is 17.3. The number of aromatic nitrogens is 1. The Hall–Kier alpha value is -1.50. The van der Waals surface area contributed by atoms with Crippen LogP contribution in [-0.2, 0) is 11.2 Å². The van der Waals surface area contributed by atoms with Crippen LogP contribution in [0.2, 0.25) is 5.02 Å². The molecule has 1 aromatic heterocycles. The summed E-state index contributed by atoms with van der Waals surface area (Å²) in [6.45, 7) is 5.69. The molecule has 1 aliphatic rings. The molecule has 0 saturated carbocycles. The third-order valence-electron chi connectivity index (χ3n) is 4.69. The summed E-state index contributed by atoms with van der Waals surface area (Å²) >= 11 is 6.22. The van der Waals surface area contributed by atoms with Gasteiger partial charge in [-0.25, -0.2) is 5.43 Å². The minimum absolute atomic E-state index is 0.106. The molecule has 1 fully saturated rings. The number of aryl methyl sites for hydroxylation is 1. The van der Waals surface area contributed by atoms with Crippen LogP contribution >= 0.6 is 11.6 Å². The maximum Gasteiger partial charge on any atom is 0.178 e. The summed E-state index contributed by atoms with van der Waals surface area (Å²) in [7, 11) is 0. The maximum absolute atomic E-state index is 6.22. The van der Waals surface area contributed by atoms with E-state index in [9.17, 15) is 0 Å². The van der Waals surface area contributed by atoms with Crippen LogP contribution in [0.1, 0.15) is 28.3 Å². The predicted octanol–water partition coefficient (Wildman–Crippen LogP) is 2.71. The zero-order valence-electron chi connectivity index (χ0n) is 14.0. The molecule has 0 spiro atoms. The molecule has 2 atom stereocenters. The number of hydrogen-bond acceptors (Lipinski definition) is 5. The van der Waals surface area contributed by atoms with Gasteiger partial charge in [-0.1, -0.05) is 23.7 Å². The minimum Gasteiger partial charge on any atom is -0.347 e. The van der Waals surface area contributed by atoms with E-state index in [0.717, 1.165) is 23.6 Å². The highest BCUT2D eigenvalue weighted by atomic mass is 35.5. The summed E-state index contributed by atoms with van der Waals surface area (Å²) in [4.78, 5) is 6.59. The van der Waals surface area contributed by atoms with Crippen LogP contribution in [0.4, 0.5) is 0 Å². The molecule has 0 amide bonds. The second-order valence-electron chi connectivity index (χ2n) is 6.14. The lowest BCUT2D eigenvalue weighted by molar-refractivity contribution is -0.0139. The molecule has 1 saturated heterocycles. The second kappa shape index (κ2) is 7.59. The predicted molar refractivity (Wildman–Crippen MR) is 95.4 cm³/mol. The highest BCUT2D eigenvalue weighted by Gasteiger charge is 2.32. The van der Waals surface area contributed by atoms with Crippen molar-refractivity contribution in [1.82, 2.24) is 15.3 Å². The van der Waals surface area contributed by atoms with Crippen molar-refractivity contribution in [2.75, 3.05) is 13.2 Å². The first-order valence-electron chi connectivity index (χ1n) is 8.09. The highest BCUT2D eigenvalue weighted by molar-refractivity contribution is 6.30. The van der Waals surface area contributed by atoms with E-state index in [0.29, 0.717) is 6.61 Å². The van der Waals surface area contributed by atoms with Crippen molar-refractivity contribution in [3.63, 3.8) is 0 Å². The van der Waals surface area contributed by atoms with E-state index in [2.05, 4.69) is 35.2 Å². The largest absolute Gasteiger partial charge is 0.347 e. The van der Waals surface area contributed by atoms with Crippen LogP contribution in [0, 0.1) is 13.8 Å². The molecule has 128 valence electrons. The highest BCUT2D eigenvalue weighted by Crippen LogP contribution is 2.31. The van der Waals surface area contributed by atoms with Crippen molar-refractivity contribution in [2.24, 2.45) is 5.84 Å². The van der Waals surface area contributed by atoms with E-state index < -0.39 is 0 Å². The summed E-state index contributed by atoms with van der Waals surface area (Å²) in [6, 6.07) is 8.08. The Bertz CT molecular complexity index is 709. The van der Waals surface area contributed by atoms with Crippen molar-refractivity contribution in [1.29, 1.82) is 0 Å². The smallest absolute Gasteiger partial charge is 0.178 e. The van der Waals surface area contributed by atoms with Crippen molar-refractivity contribution < 1.29 is 4.74 Å². The van der Waals surface area contributed by atoms with E-state index in [1.54, 1.807) is 0 Å². The minimum atomic E-state index is -0.299. The molecule has 2 unspecified atom stereocenters. The quantitative estimate of drug-likeness (QED) is 0.644. The second-order valence-corrected chi connectivity index (χ2v) is 6.58. The van der Waals surface area contributed by atoms with Gasteiger partial charge in [0.05, 0.1) is 6.61 Å². The summed E-state index contributed by atoms with van der Waals surface area (Å²) in [5.41, 5.74) is 7.59. The normalized spacial score (nSPS) is 19.6. The number of halogens is 1. The van der Waals surface area contributed by atoms with Crippen molar-refractivity contribution in [2.45, 2.75) is 32.7 Å². The number of ether oxygens (including phenoxy) is 1. The number of nitrogens with two attached hydrogens (primary N) is 1. The molecule has 0 aliphatic carbocycles. The van der Waals surface area contributed by atoms with E-state index in [4.69, 9.17) is 22.2 Å². The Morgan fingerprint density at radius 3 is 3.00 bits per heavy atom. The molecular weight excluding hydrogens is 324 g/mol. The Morgan fingerprint density at radius 1 is 1.42 bits per heavy atom. The number of nitrogens with zero attached hydrogens (tertiary/aromatic N) is 2. The SMILES string of the molecule is Cc1cncc(CC(c2cccc(Cl)c2)N2CCOC2NN)c1C. The van der Waals surface area contributed by atoms with Crippen LogP contribution in [-0.4, -0.2) is 29.4 Å². The number of pyridine rings is 1. The van der Waals surface area contributed by atoms with Crippen LogP contribution in [0.3, 0.4) is 0 Å². The monoisotopic (exact) mass is 346 g/mol. The number of nitrogens with one attached hydrogen (secondary N) is 1. The Kier molecular flexibility index (Phi) is 5.48. The Balaban J connectivity index is 1.97. The third kappa shape index (κ3) is 3.61. The van der Waals surface area contributed by atoms with Crippen LogP contribution in [0.25, 0.3) is 0 Å². The number of hydrogen-bond donors (Lipinski definition) is 2. The lowest BCUT2D eigenvalue weighted by atomic mass is 9.95. The van der Waals surface area contributed by atoms with Gasteiger partial charge < -0.3 is 4.74 Å². The maximum atomic E-state index is 6.22. The lowest BCUT2D eigenvalue weighted by Crippen LogP contribution is -2.47. The number of rotatable bonds is 5. The molecule has 0 bridgehead atoms. The van der Waals surface area contributed by atoms with Gasteiger partial charge in [-0.05, 0) is 54.7 Å². The summed E-state index contributed by atoms with van der Waals surface area (Å²) in [6.07, 6.45) is 4.37. The summed E-state index contributed by atoms with van der Waals surface area (Å²) < 4.78 is 5.68. The van der Waals surface area contributed by atoms with Gasteiger partial charge in [0, 0.05) is 30.0 Å². The van der Waals surface area contributed by atoms with Crippen LogP contribution < -0.4 is 11.3 Å². The molecule has 1 aliphatic heterocycles.